The average molecular weight is 822 g/mol. The Morgan fingerprint density at radius 1 is 1.17 bits per heavy atom. The molecule has 0 bridgehead atoms. The first kappa shape index (κ1) is 45.6. The molecule has 2 saturated heterocycles. The van der Waals surface area contributed by atoms with Gasteiger partial charge in [-0.1, -0.05) is 57.1 Å². The summed E-state index contributed by atoms with van der Waals surface area (Å²) in [6, 6.07) is -0.0592. The van der Waals surface area contributed by atoms with Gasteiger partial charge in [0.15, 0.2) is 23.1 Å². The van der Waals surface area contributed by atoms with Crippen LogP contribution in [0.25, 0.3) is 0 Å². The van der Waals surface area contributed by atoms with Crippen molar-refractivity contribution in [3.8, 4) is 0 Å². The first-order valence-corrected chi connectivity index (χ1v) is 22.9. The summed E-state index contributed by atoms with van der Waals surface area (Å²) < 4.78 is 13.2. The van der Waals surface area contributed by atoms with Crippen molar-refractivity contribution in [1.82, 2.24) is 26.6 Å². The number of aliphatic hydroxyl groups excluding tert-OH is 1. The topological polar surface area (TPSA) is 192 Å². The Hall–Kier alpha value is -2.94. The van der Waals surface area contributed by atoms with Gasteiger partial charge in [-0.05, 0) is 127 Å². The zero-order chi connectivity index (χ0) is 42.3. The second kappa shape index (κ2) is 20.3. The molecule has 6 aliphatic rings. The molecule has 2 saturated carbocycles. The maximum atomic E-state index is 15.2. The van der Waals surface area contributed by atoms with Gasteiger partial charge in [-0.2, -0.15) is 0 Å². The highest BCUT2D eigenvalue weighted by molar-refractivity contribution is 6.23. The van der Waals surface area contributed by atoms with Crippen LogP contribution in [0.15, 0.2) is 40.4 Å². The molecular weight excluding hydrogens is 747 g/mol. The Labute approximate surface area is 353 Å². The highest BCUT2D eigenvalue weighted by atomic mass is 16.7. The number of fused-ring (bicyclic) bond motifs is 3. The Kier molecular flexibility index (Phi) is 15.7. The number of nitrogens with two attached hydrogens (primary N) is 1. The molecule has 13 heteroatoms. The van der Waals surface area contributed by atoms with E-state index in [1.807, 2.05) is 20.0 Å². The Balaban J connectivity index is 1.30. The van der Waals surface area contributed by atoms with Crippen molar-refractivity contribution in [1.29, 1.82) is 0 Å². The van der Waals surface area contributed by atoms with Crippen molar-refractivity contribution in [2.45, 2.75) is 147 Å². The van der Waals surface area contributed by atoms with Crippen molar-refractivity contribution in [3.05, 3.63) is 35.5 Å². The summed E-state index contributed by atoms with van der Waals surface area (Å²) in [5.74, 6) is -0.865. The molecule has 0 aromatic heterocycles. The average Bonchev–Trinajstić information content (AvgIpc) is 3.94. The molecular formula is C46H75N7O6. The lowest BCUT2D eigenvalue weighted by atomic mass is 9.57. The number of nitrogens with one attached hydrogen (secondary N) is 5. The van der Waals surface area contributed by atoms with Crippen LogP contribution in [0.4, 0.5) is 0 Å². The number of Topliss-reactive ketones (excluding diaryl/α,β-unsaturated/α-hetero) is 2. The van der Waals surface area contributed by atoms with E-state index in [0.29, 0.717) is 50.1 Å². The van der Waals surface area contributed by atoms with Crippen LogP contribution in [0.1, 0.15) is 111 Å². The minimum absolute atomic E-state index is 0.00728. The van der Waals surface area contributed by atoms with Gasteiger partial charge < -0.3 is 41.6 Å². The molecule has 2 aliphatic heterocycles. The van der Waals surface area contributed by atoms with E-state index in [0.717, 1.165) is 70.0 Å². The van der Waals surface area contributed by atoms with E-state index >= 15 is 14.4 Å². The maximum Gasteiger partial charge on any atom is 0.350 e. The molecule has 0 amide bonds. The van der Waals surface area contributed by atoms with Crippen LogP contribution >= 0.6 is 0 Å². The molecule has 59 heavy (non-hydrogen) atoms. The third-order valence-electron chi connectivity index (χ3n) is 14.4. The molecule has 5 unspecified atom stereocenters. The van der Waals surface area contributed by atoms with Gasteiger partial charge in [-0.15, -0.1) is 0 Å². The molecule has 12 atom stereocenters. The van der Waals surface area contributed by atoms with Gasteiger partial charge in [-0.25, -0.2) is 4.79 Å². The first-order valence-electron chi connectivity index (χ1n) is 22.9. The minimum Gasteiger partial charge on any atom is -0.459 e. The molecule has 4 fully saturated rings. The number of guanidine groups is 1. The zero-order valence-electron chi connectivity index (χ0n) is 36.7. The van der Waals surface area contributed by atoms with Crippen LogP contribution in [0.3, 0.4) is 0 Å². The van der Waals surface area contributed by atoms with E-state index in [1.54, 1.807) is 7.05 Å². The number of rotatable bonds is 19. The number of esters is 1. The predicted molar refractivity (Wildman–Crippen MR) is 231 cm³/mol. The van der Waals surface area contributed by atoms with Crippen LogP contribution in [-0.4, -0.2) is 105 Å². The number of likely N-dealkylation sites (N-methyl/N-ethyl adjacent to an activating group) is 1. The van der Waals surface area contributed by atoms with E-state index in [4.69, 9.17) is 15.2 Å². The third kappa shape index (κ3) is 9.75. The number of hydrogen-bond acceptors (Lipinski definition) is 11. The lowest BCUT2D eigenvalue weighted by Crippen LogP contribution is -2.60. The number of ketones is 2. The number of ether oxygens (including phenoxy) is 2. The van der Waals surface area contributed by atoms with Crippen molar-refractivity contribution in [3.63, 3.8) is 0 Å². The second-order valence-corrected chi connectivity index (χ2v) is 18.8. The molecule has 4 aliphatic carbocycles. The summed E-state index contributed by atoms with van der Waals surface area (Å²) in [6.07, 6.45) is 17.9. The Bertz CT molecular complexity index is 1610. The number of piperidine rings is 1. The molecule has 6 rings (SSSR count). The summed E-state index contributed by atoms with van der Waals surface area (Å²) >= 11 is 0. The van der Waals surface area contributed by atoms with E-state index in [-0.39, 0.29) is 60.6 Å². The standard InChI is InChI=1S/C46H75N7O6/c1-7-50-37-25-31-13-9-8-12-30(31)24-35(37)38(16-11-21-54)58-43(57)46-42(56)40-33(22-28(2)3)14-10-15-34(40)41(55)45(46,59-46)19-17-29(4)23-36(53-44(47)49-6)32-18-20-51-39(26-32)52-27-48-5/h9,13,17,25,28,30,32-40,48,50-52,54H,7-8,10-12,14-16,18-24,26-27H2,1-6H3,(H3,47,49,53)/t30-,32?,33?,34?,35+,36+,37+,38-,39?,40?,45-,46-/m0/s1. The molecule has 2 heterocycles. The van der Waals surface area contributed by atoms with Gasteiger partial charge in [0.25, 0.3) is 5.60 Å². The largest absolute Gasteiger partial charge is 0.459 e. The lowest BCUT2D eigenvalue weighted by Gasteiger charge is -2.43. The van der Waals surface area contributed by atoms with E-state index in [1.165, 1.54) is 5.57 Å². The molecule has 8 N–H and O–H groups in total. The molecule has 0 radical (unpaired) electrons. The normalized spacial score (nSPS) is 35.6. The molecule has 0 aromatic carbocycles. The van der Waals surface area contributed by atoms with Gasteiger partial charge in [0.05, 0.1) is 6.17 Å². The number of aliphatic imine (C=N–C) groups is 1. The number of nitrogens with zero attached hydrogens (tertiary/aromatic N) is 1. The number of hydrogen-bond donors (Lipinski definition) is 7. The van der Waals surface area contributed by atoms with Gasteiger partial charge in [-0.3, -0.25) is 19.9 Å². The van der Waals surface area contributed by atoms with Gasteiger partial charge in [0.1, 0.15) is 6.10 Å². The highest BCUT2D eigenvalue weighted by Crippen LogP contribution is 2.63. The number of carbonyl (C=O) groups is 3. The quantitative estimate of drug-likeness (QED) is 0.0189. The predicted octanol–water partition coefficient (Wildman–Crippen LogP) is 4.02. The maximum absolute atomic E-state index is 15.2. The lowest BCUT2D eigenvalue weighted by molar-refractivity contribution is -0.167. The number of aliphatic hydroxyl groups is 1. The van der Waals surface area contributed by atoms with E-state index < -0.39 is 35.1 Å². The summed E-state index contributed by atoms with van der Waals surface area (Å²) in [7, 11) is 3.59. The Morgan fingerprint density at radius 2 is 1.98 bits per heavy atom. The smallest absolute Gasteiger partial charge is 0.350 e. The summed E-state index contributed by atoms with van der Waals surface area (Å²) in [5.41, 5.74) is 5.00. The highest BCUT2D eigenvalue weighted by Gasteiger charge is 2.87. The molecule has 13 nitrogen and oxygen atoms in total. The zero-order valence-corrected chi connectivity index (χ0v) is 36.7. The fourth-order valence-electron chi connectivity index (χ4n) is 11.5. The number of epoxide rings is 1. The van der Waals surface area contributed by atoms with Crippen molar-refractivity contribution in [2.75, 3.05) is 40.5 Å². The van der Waals surface area contributed by atoms with Crippen LogP contribution in [0.2, 0.25) is 0 Å². The molecule has 330 valence electrons. The van der Waals surface area contributed by atoms with Crippen LogP contribution in [0.5, 0.6) is 0 Å². The molecule has 0 spiro atoms. The summed E-state index contributed by atoms with van der Waals surface area (Å²) in [4.78, 5) is 49.5. The van der Waals surface area contributed by atoms with Gasteiger partial charge in [0, 0.05) is 56.6 Å². The number of allylic oxidation sites excluding steroid dienone is 3. The third-order valence-corrected chi connectivity index (χ3v) is 14.4. The van der Waals surface area contributed by atoms with Gasteiger partial charge in [0.2, 0.25) is 0 Å². The van der Waals surface area contributed by atoms with Crippen LogP contribution in [-0.2, 0) is 23.9 Å². The fraction of sp³-hybridized carbons (Fsp3) is 0.783. The van der Waals surface area contributed by atoms with Crippen LogP contribution < -0.4 is 32.3 Å². The van der Waals surface area contributed by atoms with E-state index in [9.17, 15) is 5.11 Å². The van der Waals surface area contributed by atoms with Crippen molar-refractivity contribution < 1.29 is 29.0 Å². The monoisotopic (exact) mass is 822 g/mol. The fourth-order valence-corrected chi connectivity index (χ4v) is 11.5. The van der Waals surface area contributed by atoms with Crippen LogP contribution in [0, 0.1) is 41.4 Å². The minimum atomic E-state index is -1.98. The number of carbonyl (C=O) groups excluding carboxylic acids is 3. The van der Waals surface area contributed by atoms with Crippen molar-refractivity contribution in [2.24, 2.45) is 52.2 Å². The molecule has 0 aromatic rings. The summed E-state index contributed by atoms with van der Waals surface area (Å²) in [5, 5.41) is 27.3. The SMILES string of the molecule is CCN[C@@H]1C=C2C=CCC[C@H]2C[C@H]1[C@H](CCCO)OC(=O)[C@]12O[C@@]1(CC=C(C)C[C@@H](NC(N)=NC)C1CCNC(NCNC)C1)C(=O)C1CCCC(CC(C)C)C1C2=O. The first-order chi connectivity index (χ1) is 28.4. The second-order valence-electron chi connectivity index (χ2n) is 18.8. The van der Waals surface area contributed by atoms with E-state index in [2.05, 4.69) is 70.6 Å². The van der Waals surface area contributed by atoms with Gasteiger partial charge >= 0.3 is 5.97 Å². The summed E-state index contributed by atoms with van der Waals surface area (Å²) in [6.45, 7) is 10.7. The Morgan fingerprint density at radius 3 is 2.71 bits per heavy atom. The van der Waals surface area contributed by atoms with Crippen molar-refractivity contribution >= 4 is 23.5 Å².